The Morgan fingerprint density at radius 2 is 2.21 bits per heavy atom. The summed E-state index contributed by atoms with van der Waals surface area (Å²) in [6.45, 7) is 1.01. The molecule has 0 radical (unpaired) electrons. The number of piperidine rings is 1. The Bertz CT molecular complexity index is 547. The summed E-state index contributed by atoms with van der Waals surface area (Å²) in [5.74, 6) is 1.25. The Kier molecular flexibility index (Phi) is 3.60. The molecule has 1 fully saturated rings. The molecule has 1 N–H and O–H groups in total. The second-order valence-electron chi connectivity index (χ2n) is 4.94. The van der Waals surface area contributed by atoms with Gasteiger partial charge in [-0.2, -0.15) is 0 Å². The van der Waals surface area contributed by atoms with Crippen LogP contribution in [0, 0.1) is 5.82 Å². The molecule has 1 aromatic carbocycles. The molecule has 1 saturated heterocycles. The van der Waals surface area contributed by atoms with Gasteiger partial charge >= 0.3 is 0 Å². The summed E-state index contributed by atoms with van der Waals surface area (Å²) < 4.78 is 19.3. The fourth-order valence-corrected chi connectivity index (χ4v) is 2.46. The number of aromatic nitrogens is 1. The molecule has 0 saturated carbocycles. The van der Waals surface area contributed by atoms with Crippen molar-refractivity contribution in [2.75, 3.05) is 6.54 Å². The van der Waals surface area contributed by atoms with Crippen LogP contribution in [-0.4, -0.2) is 11.5 Å². The SMILES string of the molecule is Fc1ccccc1Cc1cnc([C@@H]2CCCCN2)o1. The van der Waals surface area contributed by atoms with Crippen LogP contribution in [0.2, 0.25) is 0 Å². The third kappa shape index (κ3) is 2.84. The van der Waals surface area contributed by atoms with Crippen LogP contribution in [0.15, 0.2) is 34.9 Å². The van der Waals surface area contributed by atoms with Gasteiger partial charge in [0.15, 0.2) is 0 Å². The largest absolute Gasteiger partial charge is 0.444 e. The zero-order chi connectivity index (χ0) is 13.1. The average molecular weight is 260 g/mol. The molecule has 2 aromatic rings. The van der Waals surface area contributed by atoms with E-state index in [0.29, 0.717) is 17.7 Å². The fraction of sp³-hybridized carbons (Fsp3) is 0.400. The van der Waals surface area contributed by atoms with Crippen LogP contribution >= 0.6 is 0 Å². The Morgan fingerprint density at radius 1 is 1.32 bits per heavy atom. The second kappa shape index (κ2) is 5.53. The first-order valence-electron chi connectivity index (χ1n) is 6.74. The minimum Gasteiger partial charge on any atom is -0.444 e. The normalized spacial score (nSPS) is 19.5. The summed E-state index contributed by atoms with van der Waals surface area (Å²) in [7, 11) is 0. The lowest BCUT2D eigenvalue weighted by Gasteiger charge is -2.20. The maximum Gasteiger partial charge on any atom is 0.211 e. The summed E-state index contributed by atoms with van der Waals surface area (Å²) in [5.41, 5.74) is 0.641. The quantitative estimate of drug-likeness (QED) is 0.920. The van der Waals surface area contributed by atoms with Crippen molar-refractivity contribution in [3.8, 4) is 0 Å². The zero-order valence-electron chi connectivity index (χ0n) is 10.7. The van der Waals surface area contributed by atoms with E-state index in [4.69, 9.17) is 4.42 Å². The highest BCUT2D eigenvalue weighted by molar-refractivity contribution is 5.21. The minimum absolute atomic E-state index is 0.198. The molecule has 100 valence electrons. The van der Waals surface area contributed by atoms with E-state index in [1.807, 2.05) is 6.07 Å². The smallest absolute Gasteiger partial charge is 0.211 e. The number of nitrogens with zero attached hydrogens (tertiary/aromatic N) is 1. The van der Waals surface area contributed by atoms with Crippen LogP contribution in [0.1, 0.15) is 42.5 Å². The third-order valence-electron chi connectivity index (χ3n) is 3.50. The van der Waals surface area contributed by atoms with Gasteiger partial charge in [-0.05, 0) is 31.0 Å². The summed E-state index contributed by atoms with van der Waals surface area (Å²) in [6, 6.07) is 6.98. The molecular formula is C15H17FN2O. The molecule has 19 heavy (non-hydrogen) atoms. The molecule has 0 spiro atoms. The molecule has 0 aliphatic carbocycles. The maximum atomic E-state index is 13.6. The molecule has 0 amide bonds. The van der Waals surface area contributed by atoms with Crippen molar-refractivity contribution in [1.82, 2.24) is 10.3 Å². The van der Waals surface area contributed by atoms with Crippen molar-refractivity contribution in [3.05, 3.63) is 53.5 Å². The molecule has 4 heteroatoms. The van der Waals surface area contributed by atoms with Gasteiger partial charge in [0.05, 0.1) is 12.2 Å². The lowest BCUT2D eigenvalue weighted by atomic mass is 10.1. The molecule has 1 aliphatic rings. The number of oxazole rings is 1. The molecule has 0 unspecified atom stereocenters. The molecule has 1 aliphatic heterocycles. The first kappa shape index (κ1) is 12.4. The molecule has 2 heterocycles. The second-order valence-corrected chi connectivity index (χ2v) is 4.94. The standard InChI is InChI=1S/C15H17FN2O/c16-13-6-2-1-5-11(13)9-12-10-18-15(19-12)14-7-3-4-8-17-14/h1-2,5-6,10,14,17H,3-4,7-9H2/t14-/m0/s1. The van der Waals surface area contributed by atoms with E-state index in [2.05, 4.69) is 10.3 Å². The topological polar surface area (TPSA) is 38.1 Å². The van der Waals surface area contributed by atoms with Gasteiger partial charge in [0.2, 0.25) is 5.89 Å². The van der Waals surface area contributed by atoms with E-state index in [1.54, 1.807) is 18.3 Å². The van der Waals surface area contributed by atoms with Crippen molar-refractivity contribution < 1.29 is 8.81 Å². The highest BCUT2D eigenvalue weighted by atomic mass is 19.1. The lowest BCUT2D eigenvalue weighted by molar-refractivity contribution is 0.330. The van der Waals surface area contributed by atoms with Crippen LogP contribution in [0.25, 0.3) is 0 Å². The van der Waals surface area contributed by atoms with Gasteiger partial charge in [0.1, 0.15) is 11.6 Å². The molecular weight excluding hydrogens is 243 g/mol. The van der Waals surface area contributed by atoms with Crippen molar-refractivity contribution in [1.29, 1.82) is 0 Å². The van der Waals surface area contributed by atoms with E-state index in [1.165, 1.54) is 18.9 Å². The van der Waals surface area contributed by atoms with Gasteiger partial charge in [0, 0.05) is 6.42 Å². The molecule has 0 bridgehead atoms. The monoisotopic (exact) mass is 260 g/mol. The lowest BCUT2D eigenvalue weighted by Crippen LogP contribution is -2.26. The average Bonchev–Trinajstić information content (AvgIpc) is 2.91. The number of rotatable bonds is 3. The number of nitrogens with one attached hydrogen (secondary N) is 1. The highest BCUT2D eigenvalue weighted by Crippen LogP contribution is 2.23. The summed E-state index contributed by atoms with van der Waals surface area (Å²) in [5, 5.41) is 3.39. The number of hydrogen-bond donors (Lipinski definition) is 1. The Morgan fingerprint density at radius 3 is 3.00 bits per heavy atom. The number of hydrogen-bond acceptors (Lipinski definition) is 3. The van der Waals surface area contributed by atoms with E-state index >= 15 is 0 Å². The van der Waals surface area contributed by atoms with E-state index in [9.17, 15) is 4.39 Å². The van der Waals surface area contributed by atoms with Gasteiger partial charge in [-0.15, -0.1) is 0 Å². The fourth-order valence-electron chi connectivity index (χ4n) is 2.46. The predicted octanol–water partition coefficient (Wildman–Crippen LogP) is 3.22. The van der Waals surface area contributed by atoms with E-state index < -0.39 is 0 Å². The van der Waals surface area contributed by atoms with Crippen molar-refractivity contribution in [3.63, 3.8) is 0 Å². The summed E-state index contributed by atoms with van der Waals surface area (Å²) >= 11 is 0. The molecule has 3 rings (SSSR count). The Hall–Kier alpha value is -1.68. The van der Waals surface area contributed by atoms with Gasteiger partial charge in [-0.3, -0.25) is 0 Å². The van der Waals surface area contributed by atoms with Crippen molar-refractivity contribution in [2.45, 2.75) is 31.7 Å². The molecule has 1 aromatic heterocycles. The van der Waals surface area contributed by atoms with Gasteiger partial charge in [-0.1, -0.05) is 24.6 Å². The Balaban J connectivity index is 1.73. The van der Waals surface area contributed by atoms with Crippen LogP contribution in [-0.2, 0) is 6.42 Å². The van der Waals surface area contributed by atoms with Crippen LogP contribution in [0.4, 0.5) is 4.39 Å². The first-order valence-corrected chi connectivity index (χ1v) is 6.74. The van der Waals surface area contributed by atoms with Gasteiger partial charge < -0.3 is 9.73 Å². The summed E-state index contributed by atoms with van der Waals surface area (Å²) in [4.78, 5) is 4.31. The van der Waals surface area contributed by atoms with Gasteiger partial charge in [0.25, 0.3) is 0 Å². The summed E-state index contributed by atoms with van der Waals surface area (Å²) in [6.07, 6.45) is 5.62. The molecule has 3 nitrogen and oxygen atoms in total. The zero-order valence-corrected chi connectivity index (χ0v) is 10.7. The molecule has 1 atom stereocenters. The Labute approximate surface area is 111 Å². The number of halogens is 1. The van der Waals surface area contributed by atoms with E-state index in [-0.39, 0.29) is 11.9 Å². The number of benzene rings is 1. The predicted molar refractivity (Wildman–Crippen MR) is 70.3 cm³/mol. The van der Waals surface area contributed by atoms with Crippen LogP contribution in [0.3, 0.4) is 0 Å². The van der Waals surface area contributed by atoms with Crippen molar-refractivity contribution in [2.24, 2.45) is 0 Å². The maximum absolute atomic E-state index is 13.6. The minimum atomic E-state index is -0.198. The van der Waals surface area contributed by atoms with Crippen LogP contribution < -0.4 is 5.32 Å². The van der Waals surface area contributed by atoms with Gasteiger partial charge in [-0.25, -0.2) is 9.37 Å². The van der Waals surface area contributed by atoms with Crippen molar-refractivity contribution >= 4 is 0 Å². The van der Waals surface area contributed by atoms with E-state index in [0.717, 1.165) is 18.9 Å². The first-order chi connectivity index (χ1) is 9.33. The third-order valence-corrected chi connectivity index (χ3v) is 3.50. The van der Waals surface area contributed by atoms with Crippen LogP contribution in [0.5, 0.6) is 0 Å². The highest BCUT2D eigenvalue weighted by Gasteiger charge is 2.19.